The highest BCUT2D eigenvalue weighted by atomic mass is 16.5. The van der Waals surface area contributed by atoms with Crippen LogP contribution in [-0.4, -0.2) is 47.4 Å². The van der Waals surface area contributed by atoms with Gasteiger partial charge < -0.3 is 20.3 Å². The van der Waals surface area contributed by atoms with Crippen molar-refractivity contribution in [1.29, 1.82) is 0 Å². The summed E-state index contributed by atoms with van der Waals surface area (Å²) in [5.74, 6) is -0.0480. The van der Waals surface area contributed by atoms with Crippen molar-refractivity contribution in [2.24, 2.45) is 0 Å². The minimum Gasteiger partial charge on any atom is -0.466 e. The van der Waals surface area contributed by atoms with E-state index in [9.17, 15) is 19.8 Å². The van der Waals surface area contributed by atoms with E-state index in [1.807, 2.05) is 6.08 Å². The molecule has 0 aliphatic heterocycles. The SMILES string of the molecule is CCCCC/C=C\C/C=C\CCCCCCCCCC(=O)OCCCCCCCCCCCCCCCC/C=C\CCCCCCCCCCCCCCCCCCCC(=O)NC(CO)C(O)/C=C/CCCCCCCCCCCCCCCCCCC. The van der Waals surface area contributed by atoms with E-state index in [0.717, 1.165) is 51.4 Å². The van der Waals surface area contributed by atoms with Gasteiger partial charge in [0, 0.05) is 12.8 Å². The van der Waals surface area contributed by atoms with E-state index in [4.69, 9.17) is 4.74 Å². The van der Waals surface area contributed by atoms with Gasteiger partial charge in [-0.3, -0.25) is 9.59 Å². The van der Waals surface area contributed by atoms with Crippen LogP contribution in [0.3, 0.4) is 0 Å². The first-order chi connectivity index (χ1) is 43.5. The molecule has 518 valence electrons. The molecule has 0 saturated heterocycles. The minimum absolute atomic E-state index is 0.0126. The number of unbranched alkanes of at least 4 members (excludes halogenated alkanes) is 58. The molecule has 0 aromatic carbocycles. The highest BCUT2D eigenvalue weighted by Crippen LogP contribution is 2.19. The maximum atomic E-state index is 12.5. The molecule has 1 amide bonds. The summed E-state index contributed by atoms with van der Waals surface area (Å²) in [6.07, 6.45) is 102. The Balaban J connectivity index is 3.36. The smallest absolute Gasteiger partial charge is 0.305 e. The summed E-state index contributed by atoms with van der Waals surface area (Å²) < 4.78 is 5.51. The number of nitrogens with one attached hydrogen (secondary N) is 1. The zero-order valence-electron chi connectivity index (χ0n) is 59.5. The van der Waals surface area contributed by atoms with Gasteiger partial charge in [0.25, 0.3) is 0 Å². The van der Waals surface area contributed by atoms with E-state index in [-0.39, 0.29) is 18.5 Å². The molecule has 0 rings (SSSR count). The molecule has 2 atom stereocenters. The van der Waals surface area contributed by atoms with Crippen molar-refractivity contribution in [2.45, 2.75) is 450 Å². The quantitative estimate of drug-likeness (QED) is 0.0320. The normalized spacial score (nSPS) is 12.7. The number of allylic oxidation sites excluding steroid dienone is 7. The first kappa shape index (κ1) is 85.8. The Kier molecular flexibility index (Phi) is 75.4. The largest absolute Gasteiger partial charge is 0.466 e. The number of esters is 1. The van der Waals surface area contributed by atoms with Crippen molar-refractivity contribution in [3.8, 4) is 0 Å². The second-order valence-electron chi connectivity index (χ2n) is 27.4. The molecule has 0 radical (unpaired) electrons. The number of carbonyl (C=O) groups excluding carboxylic acids is 2. The third kappa shape index (κ3) is 72.9. The van der Waals surface area contributed by atoms with E-state index < -0.39 is 12.1 Å². The lowest BCUT2D eigenvalue weighted by Crippen LogP contribution is -2.45. The predicted octanol–water partition coefficient (Wildman–Crippen LogP) is 26.4. The summed E-state index contributed by atoms with van der Waals surface area (Å²) in [7, 11) is 0. The lowest BCUT2D eigenvalue weighted by Gasteiger charge is -2.20. The fourth-order valence-electron chi connectivity index (χ4n) is 12.5. The third-order valence-corrected chi connectivity index (χ3v) is 18.6. The van der Waals surface area contributed by atoms with E-state index in [0.29, 0.717) is 19.4 Å². The molecule has 2 unspecified atom stereocenters. The molecule has 0 aromatic rings. The predicted molar refractivity (Wildman–Crippen MR) is 389 cm³/mol. The highest BCUT2D eigenvalue weighted by Gasteiger charge is 2.18. The van der Waals surface area contributed by atoms with Gasteiger partial charge >= 0.3 is 5.97 Å². The zero-order valence-corrected chi connectivity index (χ0v) is 59.5. The summed E-state index contributed by atoms with van der Waals surface area (Å²) in [5, 5.41) is 23.3. The van der Waals surface area contributed by atoms with E-state index in [1.54, 1.807) is 6.08 Å². The Labute approximate surface area is 550 Å². The Bertz CT molecular complexity index is 1470. The van der Waals surface area contributed by atoms with Crippen LogP contribution >= 0.6 is 0 Å². The number of amides is 1. The molecular formula is C82H155NO5. The van der Waals surface area contributed by atoms with Gasteiger partial charge in [-0.1, -0.05) is 383 Å². The molecule has 0 bridgehead atoms. The Morgan fingerprint density at radius 3 is 0.898 bits per heavy atom. The number of aliphatic hydroxyl groups is 2. The van der Waals surface area contributed by atoms with Crippen LogP contribution in [0, 0.1) is 0 Å². The molecule has 6 nitrogen and oxygen atoms in total. The van der Waals surface area contributed by atoms with Crippen LogP contribution in [0.25, 0.3) is 0 Å². The van der Waals surface area contributed by atoms with Crippen molar-refractivity contribution >= 4 is 11.9 Å². The third-order valence-electron chi connectivity index (χ3n) is 18.6. The molecule has 0 fully saturated rings. The van der Waals surface area contributed by atoms with E-state index in [1.165, 1.54) is 360 Å². The molecule has 88 heavy (non-hydrogen) atoms. The molecular weight excluding hydrogens is 1080 g/mol. The summed E-state index contributed by atoms with van der Waals surface area (Å²) in [5.41, 5.74) is 0. The first-order valence-electron chi connectivity index (χ1n) is 39.9. The lowest BCUT2D eigenvalue weighted by molar-refractivity contribution is -0.143. The maximum absolute atomic E-state index is 12.5. The number of carbonyl (C=O) groups is 2. The van der Waals surface area contributed by atoms with Gasteiger partial charge in [0.2, 0.25) is 5.91 Å². The van der Waals surface area contributed by atoms with Crippen molar-refractivity contribution in [1.82, 2.24) is 5.32 Å². The van der Waals surface area contributed by atoms with Crippen LogP contribution in [-0.2, 0) is 14.3 Å². The van der Waals surface area contributed by atoms with Gasteiger partial charge in [-0.05, 0) is 89.9 Å². The molecule has 0 heterocycles. The second-order valence-corrected chi connectivity index (χ2v) is 27.4. The van der Waals surface area contributed by atoms with E-state index >= 15 is 0 Å². The number of hydrogen-bond donors (Lipinski definition) is 3. The number of rotatable bonds is 75. The minimum atomic E-state index is -0.843. The molecule has 0 aliphatic carbocycles. The van der Waals surface area contributed by atoms with E-state index in [2.05, 4.69) is 55.6 Å². The fraction of sp³-hybridized carbons (Fsp3) is 0.878. The Hall–Kier alpha value is -2.18. The maximum Gasteiger partial charge on any atom is 0.305 e. The summed E-state index contributed by atoms with van der Waals surface area (Å²) in [6, 6.07) is -0.626. The van der Waals surface area contributed by atoms with Crippen LogP contribution in [0.15, 0.2) is 48.6 Å². The van der Waals surface area contributed by atoms with Crippen molar-refractivity contribution in [3.63, 3.8) is 0 Å². The summed E-state index contributed by atoms with van der Waals surface area (Å²) in [4.78, 5) is 24.6. The van der Waals surface area contributed by atoms with Gasteiger partial charge in [-0.15, -0.1) is 0 Å². The molecule has 6 heteroatoms. The summed E-state index contributed by atoms with van der Waals surface area (Å²) >= 11 is 0. The van der Waals surface area contributed by atoms with Crippen molar-refractivity contribution < 1.29 is 24.5 Å². The number of ether oxygens (including phenoxy) is 1. The van der Waals surface area contributed by atoms with Crippen molar-refractivity contribution in [3.05, 3.63) is 48.6 Å². The van der Waals surface area contributed by atoms with Gasteiger partial charge in [0.1, 0.15) is 0 Å². The molecule has 0 aromatic heterocycles. The average Bonchev–Trinajstić information content (AvgIpc) is 3.58. The van der Waals surface area contributed by atoms with Gasteiger partial charge in [-0.25, -0.2) is 0 Å². The second kappa shape index (κ2) is 77.3. The standard InChI is InChI=1S/C82H155NO5/c1-3-5-7-9-11-13-15-17-19-21-39-43-46-50-54-58-62-66-70-74-80(85)79(78-84)83-81(86)75-71-67-63-59-55-51-47-44-40-37-35-33-31-29-27-25-23-22-24-26-28-30-32-34-36-38-41-45-49-53-57-61-65-69-73-77-88-82(87)76-72-68-64-60-56-52-48-42-20-18-16-14-12-10-8-6-4-2/h12,14,18,20,24,26,70,74,79-80,84-85H,3-11,13,15-17,19,21-23,25,27-69,71-73,75-78H2,1-2H3,(H,83,86)/b14-12-,20-18-,26-24-,74-70+. The number of aliphatic hydroxyl groups excluding tert-OH is 2. The fourth-order valence-corrected chi connectivity index (χ4v) is 12.5. The highest BCUT2D eigenvalue weighted by molar-refractivity contribution is 5.76. The van der Waals surface area contributed by atoms with Crippen LogP contribution in [0.1, 0.15) is 438 Å². The summed E-state index contributed by atoms with van der Waals surface area (Å²) in [6.45, 7) is 4.92. The average molecular weight is 1240 g/mol. The topological polar surface area (TPSA) is 95.9 Å². The lowest BCUT2D eigenvalue weighted by atomic mass is 10.0. The molecule has 0 aliphatic rings. The Morgan fingerprint density at radius 1 is 0.318 bits per heavy atom. The number of hydrogen-bond acceptors (Lipinski definition) is 5. The van der Waals surface area contributed by atoms with Crippen molar-refractivity contribution in [2.75, 3.05) is 13.2 Å². The zero-order chi connectivity index (χ0) is 63.5. The first-order valence-corrected chi connectivity index (χ1v) is 39.9. The Morgan fingerprint density at radius 2 is 0.568 bits per heavy atom. The van der Waals surface area contributed by atoms with Crippen LogP contribution in [0.5, 0.6) is 0 Å². The van der Waals surface area contributed by atoms with Gasteiger partial charge in [-0.2, -0.15) is 0 Å². The van der Waals surface area contributed by atoms with Crippen LogP contribution in [0.2, 0.25) is 0 Å². The van der Waals surface area contributed by atoms with Gasteiger partial charge in [0.05, 0.1) is 25.4 Å². The molecule has 0 spiro atoms. The molecule has 0 saturated carbocycles. The van der Waals surface area contributed by atoms with Gasteiger partial charge in [0.15, 0.2) is 0 Å². The monoisotopic (exact) mass is 1230 g/mol. The van der Waals surface area contributed by atoms with Crippen LogP contribution in [0.4, 0.5) is 0 Å². The van der Waals surface area contributed by atoms with Crippen LogP contribution < -0.4 is 5.32 Å². The molecule has 3 N–H and O–H groups in total.